The van der Waals surface area contributed by atoms with Gasteiger partial charge in [-0.3, -0.25) is 4.79 Å². The number of thiophene rings is 1. The molecule has 4 aromatic rings. The minimum absolute atomic E-state index is 0.0208. The lowest BCUT2D eigenvalue weighted by atomic mass is 10.1. The van der Waals surface area contributed by atoms with E-state index in [2.05, 4.69) is 4.90 Å². The van der Waals surface area contributed by atoms with Gasteiger partial charge in [0.25, 0.3) is 5.91 Å². The van der Waals surface area contributed by atoms with Gasteiger partial charge in [0.2, 0.25) is 0 Å². The first-order valence-corrected chi connectivity index (χ1v) is 11.3. The van der Waals surface area contributed by atoms with Crippen molar-refractivity contribution in [1.29, 1.82) is 0 Å². The van der Waals surface area contributed by atoms with Gasteiger partial charge < -0.3 is 15.5 Å². The summed E-state index contributed by atoms with van der Waals surface area (Å²) in [5.41, 5.74) is 9.89. The number of rotatable bonds is 3. The number of carbonyl (C=O) groups excluding carboxylic acids is 1. The van der Waals surface area contributed by atoms with E-state index in [1.807, 2.05) is 71.6 Å². The molecule has 1 aliphatic heterocycles. The number of amides is 1. The van der Waals surface area contributed by atoms with E-state index in [4.69, 9.17) is 22.3 Å². The van der Waals surface area contributed by atoms with Crippen LogP contribution in [0.4, 0.5) is 11.4 Å². The Morgan fingerprint density at radius 3 is 2.48 bits per heavy atom. The molecule has 1 saturated heterocycles. The highest BCUT2D eigenvalue weighted by Gasteiger charge is 2.26. The Hall–Kier alpha value is -3.09. The normalized spacial score (nSPS) is 14.2. The van der Waals surface area contributed by atoms with Crippen molar-refractivity contribution in [2.75, 3.05) is 36.8 Å². The van der Waals surface area contributed by atoms with Crippen LogP contribution in [0.2, 0.25) is 5.02 Å². The van der Waals surface area contributed by atoms with Crippen LogP contribution >= 0.6 is 22.9 Å². The predicted molar refractivity (Wildman–Crippen MR) is 129 cm³/mol. The van der Waals surface area contributed by atoms with Crippen molar-refractivity contribution < 1.29 is 4.79 Å². The van der Waals surface area contributed by atoms with Gasteiger partial charge in [-0.15, -0.1) is 11.3 Å². The maximum absolute atomic E-state index is 13.2. The van der Waals surface area contributed by atoms with E-state index in [9.17, 15) is 4.79 Å². The number of benzene rings is 2. The Kier molecular flexibility index (Phi) is 5.26. The summed E-state index contributed by atoms with van der Waals surface area (Å²) in [6, 6.07) is 21.7. The summed E-state index contributed by atoms with van der Waals surface area (Å²) in [7, 11) is 0. The van der Waals surface area contributed by atoms with Crippen LogP contribution in [0.5, 0.6) is 0 Å². The first kappa shape index (κ1) is 19.8. The molecule has 0 saturated carbocycles. The molecule has 0 unspecified atom stereocenters. The average Bonchev–Trinajstić information content (AvgIpc) is 3.15. The molecule has 0 spiro atoms. The number of nitrogen functional groups attached to an aromatic ring is 1. The monoisotopic (exact) mass is 448 g/mol. The average molecular weight is 449 g/mol. The van der Waals surface area contributed by atoms with Crippen LogP contribution in [0.1, 0.15) is 9.67 Å². The van der Waals surface area contributed by atoms with E-state index < -0.39 is 0 Å². The molecule has 0 atom stereocenters. The van der Waals surface area contributed by atoms with Crippen molar-refractivity contribution in [2.24, 2.45) is 0 Å². The van der Waals surface area contributed by atoms with E-state index >= 15 is 0 Å². The fourth-order valence-electron chi connectivity index (χ4n) is 3.91. The number of aromatic nitrogens is 1. The van der Waals surface area contributed by atoms with Gasteiger partial charge in [0.15, 0.2) is 0 Å². The third kappa shape index (κ3) is 3.84. The van der Waals surface area contributed by atoms with Gasteiger partial charge in [-0.2, -0.15) is 0 Å². The van der Waals surface area contributed by atoms with Gasteiger partial charge in [0.1, 0.15) is 9.71 Å². The predicted octanol–water partition coefficient (Wildman–Crippen LogP) is 5.16. The van der Waals surface area contributed by atoms with E-state index in [0.717, 1.165) is 45.3 Å². The quantitative estimate of drug-likeness (QED) is 0.470. The zero-order valence-corrected chi connectivity index (χ0v) is 18.4. The molecular formula is C24H21ClN4OS. The maximum atomic E-state index is 13.2. The van der Waals surface area contributed by atoms with Crippen LogP contribution in [0, 0.1) is 0 Å². The molecule has 31 heavy (non-hydrogen) atoms. The Bertz CT molecular complexity index is 1250. The summed E-state index contributed by atoms with van der Waals surface area (Å²) < 4.78 is 0. The van der Waals surface area contributed by atoms with E-state index in [1.54, 1.807) is 0 Å². The maximum Gasteiger partial charge on any atom is 0.266 e. The first-order chi connectivity index (χ1) is 15.1. The number of piperazine rings is 1. The molecule has 2 aromatic carbocycles. The number of carbonyl (C=O) groups is 1. The Morgan fingerprint density at radius 2 is 1.74 bits per heavy atom. The smallest absolute Gasteiger partial charge is 0.266 e. The summed E-state index contributed by atoms with van der Waals surface area (Å²) in [6.07, 6.45) is 0. The molecule has 2 N–H and O–H groups in total. The third-order valence-electron chi connectivity index (χ3n) is 5.60. The minimum atomic E-state index is -0.0208. The van der Waals surface area contributed by atoms with Gasteiger partial charge in [-0.25, -0.2) is 4.98 Å². The molecule has 2 aromatic heterocycles. The lowest BCUT2D eigenvalue weighted by molar-refractivity contribution is 0.0752. The van der Waals surface area contributed by atoms with E-state index in [0.29, 0.717) is 23.7 Å². The molecule has 5 rings (SSSR count). The van der Waals surface area contributed by atoms with Crippen LogP contribution in [0.3, 0.4) is 0 Å². The van der Waals surface area contributed by atoms with Crippen molar-refractivity contribution in [2.45, 2.75) is 0 Å². The number of pyridine rings is 1. The molecule has 0 radical (unpaired) electrons. The van der Waals surface area contributed by atoms with Crippen LogP contribution in [-0.2, 0) is 0 Å². The molecular weight excluding hydrogens is 428 g/mol. The molecule has 1 amide bonds. The van der Waals surface area contributed by atoms with Crippen molar-refractivity contribution in [3.8, 4) is 11.3 Å². The van der Waals surface area contributed by atoms with Crippen LogP contribution in [0.25, 0.3) is 21.5 Å². The number of fused-ring (bicyclic) bond motifs is 1. The van der Waals surface area contributed by atoms with Crippen molar-refractivity contribution in [3.05, 3.63) is 76.6 Å². The molecule has 156 valence electrons. The molecule has 1 aliphatic rings. The highest BCUT2D eigenvalue weighted by molar-refractivity contribution is 7.21. The van der Waals surface area contributed by atoms with Crippen LogP contribution in [0.15, 0.2) is 66.7 Å². The van der Waals surface area contributed by atoms with Gasteiger partial charge in [0, 0.05) is 47.8 Å². The number of nitrogens with zero attached hydrogens (tertiary/aromatic N) is 3. The topological polar surface area (TPSA) is 62.5 Å². The van der Waals surface area contributed by atoms with Gasteiger partial charge >= 0.3 is 0 Å². The van der Waals surface area contributed by atoms with Crippen molar-refractivity contribution in [1.82, 2.24) is 9.88 Å². The molecule has 0 aliphatic carbocycles. The van der Waals surface area contributed by atoms with E-state index in [-0.39, 0.29) is 5.91 Å². The third-order valence-corrected chi connectivity index (χ3v) is 6.94. The molecule has 5 nitrogen and oxygen atoms in total. The standard InChI is InChI=1S/C24H21ClN4OS/c25-17-7-4-8-18(15-17)28-11-13-29(14-12-28)24(30)22-21(26)19-9-10-20(27-23(19)31-22)16-5-2-1-3-6-16/h1-10,15H,11-14,26H2. The van der Waals surface area contributed by atoms with Crippen LogP contribution < -0.4 is 10.6 Å². The minimum Gasteiger partial charge on any atom is -0.397 e. The highest BCUT2D eigenvalue weighted by Crippen LogP contribution is 2.35. The lowest BCUT2D eigenvalue weighted by Gasteiger charge is -2.36. The largest absolute Gasteiger partial charge is 0.397 e. The summed E-state index contributed by atoms with van der Waals surface area (Å²) in [5.74, 6) is -0.0208. The Labute approximate surface area is 189 Å². The second-order valence-electron chi connectivity index (χ2n) is 7.52. The number of hydrogen-bond acceptors (Lipinski definition) is 5. The molecule has 3 heterocycles. The lowest BCUT2D eigenvalue weighted by Crippen LogP contribution is -2.48. The van der Waals surface area contributed by atoms with Crippen molar-refractivity contribution >= 4 is 50.4 Å². The fraction of sp³-hybridized carbons (Fsp3) is 0.167. The molecule has 1 fully saturated rings. The fourth-order valence-corrected chi connectivity index (χ4v) is 5.16. The number of anilines is 2. The summed E-state index contributed by atoms with van der Waals surface area (Å²) >= 11 is 7.50. The summed E-state index contributed by atoms with van der Waals surface area (Å²) in [5, 5.41) is 1.56. The number of nitrogens with two attached hydrogens (primary N) is 1. The van der Waals surface area contributed by atoms with Crippen LogP contribution in [-0.4, -0.2) is 42.0 Å². The number of halogens is 1. The Morgan fingerprint density at radius 1 is 0.968 bits per heavy atom. The molecule has 0 bridgehead atoms. The van der Waals surface area contributed by atoms with Gasteiger partial charge in [-0.1, -0.05) is 48.0 Å². The summed E-state index contributed by atoms with van der Waals surface area (Å²) in [6.45, 7) is 2.80. The Balaban J connectivity index is 1.36. The second kappa shape index (κ2) is 8.21. The zero-order valence-electron chi connectivity index (χ0n) is 16.8. The highest BCUT2D eigenvalue weighted by atomic mass is 35.5. The second-order valence-corrected chi connectivity index (χ2v) is 8.95. The van der Waals surface area contributed by atoms with Crippen molar-refractivity contribution in [3.63, 3.8) is 0 Å². The first-order valence-electron chi connectivity index (χ1n) is 10.1. The summed E-state index contributed by atoms with van der Waals surface area (Å²) in [4.78, 5) is 23.5. The van der Waals surface area contributed by atoms with Gasteiger partial charge in [-0.05, 0) is 30.3 Å². The molecule has 7 heteroatoms. The SMILES string of the molecule is Nc1c(C(=O)N2CCN(c3cccc(Cl)c3)CC2)sc2nc(-c3ccccc3)ccc12. The van der Waals surface area contributed by atoms with Gasteiger partial charge in [0.05, 0.1) is 11.4 Å². The van der Waals surface area contributed by atoms with E-state index in [1.165, 1.54) is 11.3 Å². The zero-order chi connectivity index (χ0) is 21.4. The number of hydrogen-bond donors (Lipinski definition) is 1.